The summed E-state index contributed by atoms with van der Waals surface area (Å²) < 4.78 is 0. The first-order valence-electron chi connectivity index (χ1n) is 3.64. The van der Waals surface area contributed by atoms with Gasteiger partial charge in [0.15, 0.2) is 0 Å². The molecule has 50 valence electrons. The van der Waals surface area contributed by atoms with E-state index < -0.39 is 0 Å². The van der Waals surface area contributed by atoms with Crippen molar-refractivity contribution in [2.75, 3.05) is 5.88 Å². The van der Waals surface area contributed by atoms with Crippen LogP contribution in [0.2, 0.25) is 0 Å². The van der Waals surface area contributed by atoms with Gasteiger partial charge in [0.1, 0.15) is 0 Å². The fraction of sp³-hybridized carbons (Fsp3) is 0.750. The third-order valence-corrected chi connectivity index (χ3v) is 3.02. The minimum atomic E-state index is 0.826. The maximum absolute atomic E-state index is 5.77. The molecule has 2 rings (SSSR count). The molecule has 0 aromatic heterocycles. The number of allylic oxidation sites excluding steroid dienone is 2. The third-order valence-electron chi connectivity index (χ3n) is 2.62. The van der Waals surface area contributed by atoms with Crippen LogP contribution in [0, 0.1) is 11.8 Å². The highest BCUT2D eigenvalue weighted by molar-refractivity contribution is 6.18. The van der Waals surface area contributed by atoms with Crippen LogP contribution in [0.15, 0.2) is 11.6 Å². The number of hydrogen-bond acceptors (Lipinski definition) is 0. The molecule has 0 aliphatic heterocycles. The van der Waals surface area contributed by atoms with E-state index in [2.05, 4.69) is 6.08 Å². The van der Waals surface area contributed by atoms with E-state index >= 15 is 0 Å². The minimum absolute atomic E-state index is 0.826. The largest absolute Gasteiger partial charge is 0.126 e. The first-order chi connectivity index (χ1) is 4.40. The van der Waals surface area contributed by atoms with Crippen LogP contribution in [0.1, 0.15) is 19.3 Å². The predicted octanol–water partition coefficient (Wildman–Crippen LogP) is 2.58. The minimum Gasteiger partial charge on any atom is -0.126 e. The van der Waals surface area contributed by atoms with Gasteiger partial charge in [-0.25, -0.2) is 0 Å². The Balaban J connectivity index is 2.12. The summed E-state index contributed by atoms with van der Waals surface area (Å²) in [6, 6.07) is 0. The van der Waals surface area contributed by atoms with Crippen LogP contribution in [0.5, 0.6) is 0 Å². The second kappa shape index (κ2) is 2.02. The van der Waals surface area contributed by atoms with Crippen molar-refractivity contribution in [3.8, 4) is 0 Å². The molecule has 2 unspecified atom stereocenters. The number of rotatable bonds is 1. The van der Waals surface area contributed by atoms with E-state index in [1.807, 2.05) is 0 Å². The van der Waals surface area contributed by atoms with Crippen molar-refractivity contribution in [1.29, 1.82) is 0 Å². The Labute approximate surface area is 60.9 Å². The van der Waals surface area contributed by atoms with E-state index in [1.165, 1.54) is 19.3 Å². The Morgan fingerprint density at radius 2 is 2.44 bits per heavy atom. The van der Waals surface area contributed by atoms with Gasteiger partial charge >= 0.3 is 0 Å². The maximum Gasteiger partial charge on any atom is 0.0257 e. The van der Waals surface area contributed by atoms with Crippen molar-refractivity contribution >= 4 is 11.6 Å². The molecular weight excluding hydrogens is 132 g/mol. The Hall–Kier alpha value is 0.0300. The van der Waals surface area contributed by atoms with E-state index in [9.17, 15) is 0 Å². The normalized spacial score (nSPS) is 39.4. The summed E-state index contributed by atoms with van der Waals surface area (Å²) in [7, 11) is 0. The first-order valence-corrected chi connectivity index (χ1v) is 4.17. The van der Waals surface area contributed by atoms with E-state index in [0.717, 1.165) is 17.7 Å². The molecule has 2 bridgehead atoms. The van der Waals surface area contributed by atoms with Crippen LogP contribution in [-0.2, 0) is 0 Å². The maximum atomic E-state index is 5.77. The van der Waals surface area contributed by atoms with Crippen LogP contribution >= 0.6 is 11.6 Å². The van der Waals surface area contributed by atoms with E-state index in [1.54, 1.807) is 5.57 Å². The molecule has 9 heavy (non-hydrogen) atoms. The predicted molar refractivity (Wildman–Crippen MR) is 39.6 cm³/mol. The van der Waals surface area contributed by atoms with Gasteiger partial charge in [-0.15, -0.1) is 11.6 Å². The molecule has 0 radical (unpaired) electrons. The number of hydrogen-bond donors (Lipinski definition) is 0. The molecule has 1 saturated carbocycles. The Morgan fingerprint density at radius 1 is 1.56 bits per heavy atom. The molecule has 2 aliphatic carbocycles. The SMILES string of the molecule is ClCC1CC2=CCC1C2. The lowest BCUT2D eigenvalue weighted by molar-refractivity contribution is 0.429. The molecule has 0 heterocycles. The van der Waals surface area contributed by atoms with Gasteiger partial charge in [-0.3, -0.25) is 0 Å². The summed E-state index contributed by atoms with van der Waals surface area (Å²) in [4.78, 5) is 0. The Bertz CT molecular complexity index is 149. The van der Waals surface area contributed by atoms with Crippen molar-refractivity contribution in [3.05, 3.63) is 11.6 Å². The third kappa shape index (κ3) is 0.806. The molecule has 0 spiro atoms. The fourth-order valence-electron chi connectivity index (χ4n) is 2.03. The zero-order valence-electron chi connectivity index (χ0n) is 5.44. The summed E-state index contributed by atoms with van der Waals surface area (Å²) in [5.41, 5.74) is 1.67. The average molecular weight is 143 g/mol. The van der Waals surface area contributed by atoms with E-state index in [4.69, 9.17) is 11.6 Å². The molecular formula is C8H11Cl. The van der Waals surface area contributed by atoms with Gasteiger partial charge in [-0.05, 0) is 31.1 Å². The zero-order chi connectivity index (χ0) is 6.27. The van der Waals surface area contributed by atoms with E-state index in [0.29, 0.717) is 0 Å². The molecule has 2 aliphatic rings. The fourth-order valence-corrected chi connectivity index (χ4v) is 2.39. The molecule has 0 amide bonds. The van der Waals surface area contributed by atoms with Gasteiger partial charge in [0.25, 0.3) is 0 Å². The Kier molecular flexibility index (Phi) is 1.30. The van der Waals surface area contributed by atoms with Crippen molar-refractivity contribution in [2.24, 2.45) is 11.8 Å². The highest BCUT2D eigenvalue weighted by Gasteiger charge is 2.32. The van der Waals surface area contributed by atoms with E-state index in [-0.39, 0.29) is 0 Å². The van der Waals surface area contributed by atoms with Crippen LogP contribution in [0.4, 0.5) is 0 Å². The average Bonchev–Trinajstić information content (AvgIpc) is 2.45. The highest BCUT2D eigenvalue weighted by Crippen LogP contribution is 2.44. The van der Waals surface area contributed by atoms with Gasteiger partial charge in [-0.2, -0.15) is 0 Å². The molecule has 2 atom stereocenters. The second-order valence-electron chi connectivity index (χ2n) is 3.18. The summed E-state index contributed by atoms with van der Waals surface area (Å²) in [5, 5.41) is 0. The first kappa shape index (κ1) is 5.79. The molecule has 0 aromatic carbocycles. The summed E-state index contributed by atoms with van der Waals surface area (Å²) >= 11 is 5.77. The molecule has 1 heteroatoms. The molecule has 0 aromatic rings. The van der Waals surface area contributed by atoms with Gasteiger partial charge in [0, 0.05) is 5.88 Å². The number of alkyl halides is 1. The van der Waals surface area contributed by atoms with Crippen molar-refractivity contribution in [1.82, 2.24) is 0 Å². The summed E-state index contributed by atoms with van der Waals surface area (Å²) in [6.45, 7) is 0. The number of fused-ring (bicyclic) bond motifs is 2. The lowest BCUT2D eigenvalue weighted by atomic mass is 9.94. The molecule has 1 fully saturated rings. The zero-order valence-corrected chi connectivity index (χ0v) is 6.19. The smallest absolute Gasteiger partial charge is 0.0257 e. The van der Waals surface area contributed by atoms with Crippen LogP contribution < -0.4 is 0 Å². The van der Waals surface area contributed by atoms with Crippen molar-refractivity contribution in [2.45, 2.75) is 19.3 Å². The topological polar surface area (TPSA) is 0 Å². The quantitative estimate of drug-likeness (QED) is 0.390. The second-order valence-corrected chi connectivity index (χ2v) is 3.49. The van der Waals surface area contributed by atoms with Crippen molar-refractivity contribution in [3.63, 3.8) is 0 Å². The standard InChI is InChI=1S/C8H11Cl/c9-5-8-4-6-1-2-7(8)3-6/h1,7-8H,2-5H2. The van der Waals surface area contributed by atoms with Crippen LogP contribution in [-0.4, -0.2) is 5.88 Å². The van der Waals surface area contributed by atoms with Crippen molar-refractivity contribution < 1.29 is 0 Å². The summed E-state index contributed by atoms with van der Waals surface area (Å²) in [5.74, 6) is 2.63. The molecule has 0 saturated heterocycles. The number of halogens is 1. The highest BCUT2D eigenvalue weighted by atomic mass is 35.5. The van der Waals surface area contributed by atoms with Gasteiger partial charge < -0.3 is 0 Å². The van der Waals surface area contributed by atoms with Gasteiger partial charge in [0.2, 0.25) is 0 Å². The lowest BCUT2D eigenvalue weighted by Gasteiger charge is -2.14. The molecule has 0 N–H and O–H groups in total. The van der Waals surface area contributed by atoms with Crippen LogP contribution in [0.3, 0.4) is 0 Å². The van der Waals surface area contributed by atoms with Crippen LogP contribution in [0.25, 0.3) is 0 Å². The lowest BCUT2D eigenvalue weighted by Crippen LogP contribution is -2.08. The Morgan fingerprint density at radius 3 is 2.78 bits per heavy atom. The summed E-state index contributed by atoms with van der Waals surface area (Å²) in [6.07, 6.45) is 6.37. The monoisotopic (exact) mass is 142 g/mol. The van der Waals surface area contributed by atoms with Gasteiger partial charge in [-0.1, -0.05) is 11.6 Å². The van der Waals surface area contributed by atoms with Gasteiger partial charge in [0.05, 0.1) is 0 Å². The molecule has 0 nitrogen and oxygen atoms in total.